The maximum absolute atomic E-state index is 12.2. The summed E-state index contributed by atoms with van der Waals surface area (Å²) in [5, 5.41) is 16.6. The fraction of sp³-hybridized carbons (Fsp3) is 0.500. The fourth-order valence-electron chi connectivity index (χ4n) is 2.69. The fourth-order valence-corrected chi connectivity index (χ4v) is 2.69. The van der Waals surface area contributed by atoms with Crippen LogP contribution in [0.4, 0.5) is 11.4 Å². The summed E-state index contributed by atoms with van der Waals surface area (Å²) in [5.41, 5.74) is 0.502. The molecule has 0 heterocycles. The summed E-state index contributed by atoms with van der Waals surface area (Å²) in [6.07, 6.45) is 4.74. The van der Waals surface area contributed by atoms with Gasteiger partial charge in [0.25, 0.3) is 11.6 Å². The molecule has 0 radical (unpaired) electrons. The quantitative estimate of drug-likeness (QED) is 0.640. The Morgan fingerprint density at radius 3 is 2.70 bits per heavy atom. The molecule has 108 valence electrons. The maximum Gasteiger partial charge on any atom is 0.293 e. The van der Waals surface area contributed by atoms with Gasteiger partial charge in [-0.2, -0.15) is 0 Å². The SMILES string of the molecule is CNc1c(C(=O)NCC2CCCC2)cccc1[N+](=O)[O-]. The van der Waals surface area contributed by atoms with Gasteiger partial charge in [-0.05, 0) is 24.8 Å². The van der Waals surface area contributed by atoms with Gasteiger partial charge in [-0.3, -0.25) is 14.9 Å². The zero-order valence-corrected chi connectivity index (χ0v) is 11.5. The first kappa shape index (κ1) is 14.3. The van der Waals surface area contributed by atoms with Crippen molar-refractivity contribution in [1.82, 2.24) is 5.32 Å². The van der Waals surface area contributed by atoms with Gasteiger partial charge < -0.3 is 10.6 Å². The lowest BCUT2D eigenvalue weighted by atomic mass is 10.1. The number of rotatable bonds is 5. The Balaban J connectivity index is 2.12. The molecule has 6 heteroatoms. The minimum absolute atomic E-state index is 0.0824. The minimum atomic E-state index is -0.487. The first-order chi connectivity index (χ1) is 9.63. The van der Waals surface area contributed by atoms with E-state index in [9.17, 15) is 14.9 Å². The molecule has 20 heavy (non-hydrogen) atoms. The number of para-hydroxylation sites is 1. The van der Waals surface area contributed by atoms with Crippen LogP contribution in [-0.2, 0) is 0 Å². The molecule has 1 aromatic carbocycles. The zero-order chi connectivity index (χ0) is 14.5. The number of nitrogens with one attached hydrogen (secondary N) is 2. The lowest BCUT2D eigenvalue weighted by molar-refractivity contribution is -0.384. The topological polar surface area (TPSA) is 84.3 Å². The van der Waals surface area contributed by atoms with Crippen molar-refractivity contribution in [3.63, 3.8) is 0 Å². The number of anilines is 1. The predicted octanol–water partition coefficient (Wildman–Crippen LogP) is 2.56. The Hall–Kier alpha value is -2.11. The molecule has 0 aliphatic heterocycles. The van der Waals surface area contributed by atoms with Crippen LogP contribution >= 0.6 is 0 Å². The predicted molar refractivity (Wildman–Crippen MR) is 76.9 cm³/mol. The second-order valence-electron chi connectivity index (χ2n) is 5.07. The van der Waals surface area contributed by atoms with Crippen LogP contribution in [0.3, 0.4) is 0 Å². The molecule has 1 fully saturated rings. The van der Waals surface area contributed by atoms with Crippen molar-refractivity contribution in [3.05, 3.63) is 33.9 Å². The molecule has 2 N–H and O–H groups in total. The number of hydrogen-bond acceptors (Lipinski definition) is 4. The zero-order valence-electron chi connectivity index (χ0n) is 11.5. The van der Waals surface area contributed by atoms with Crippen LogP contribution in [0.1, 0.15) is 36.0 Å². The summed E-state index contributed by atoms with van der Waals surface area (Å²) < 4.78 is 0. The number of carbonyl (C=O) groups is 1. The molecule has 0 saturated heterocycles. The summed E-state index contributed by atoms with van der Waals surface area (Å²) in [6.45, 7) is 0.644. The van der Waals surface area contributed by atoms with E-state index >= 15 is 0 Å². The van der Waals surface area contributed by atoms with E-state index in [1.807, 2.05) is 0 Å². The van der Waals surface area contributed by atoms with Crippen molar-refractivity contribution < 1.29 is 9.72 Å². The van der Waals surface area contributed by atoms with Gasteiger partial charge in [0.05, 0.1) is 10.5 Å². The van der Waals surface area contributed by atoms with Crippen LogP contribution in [0, 0.1) is 16.0 Å². The highest BCUT2D eigenvalue weighted by Crippen LogP contribution is 2.28. The molecule has 1 aliphatic rings. The van der Waals surface area contributed by atoms with E-state index in [4.69, 9.17) is 0 Å². The monoisotopic (exact) mass is 277 g/mol. The lowest BCUT2D eigenvalue weighted by Crippen LogP contribution is -2.29. The third-order valence-electron chi connectivity index (χ3n) is 3.76. The number of benzene rings is 1. The Bertz CT molecular complexity index is 510. The van der Waals surface area contributed by atoms with Gasteiger partial charge in [-0.25, -0.2) is 0 Å². The Kier molecular flexibility index (Phi) is 4.55. The highest BCUT2D eigenvalue weighted by atomic mass is 16.6. The third kappa shape index (κ3) is 3.07. The molecule has 0 aromatic heterocycles. The van der Waals surface area contributed by atoms with E-state index in [2.05, 4.69) is 10.6 Å². The van der Waals surface area contributed by atoms with Gasteiger partial charge in [0.15, 0.2) is 0 Å². The summed E-state index contributed by atoms with van der Waals surface area (Å²) in [4.78, 5) is 22.7. The Morgan fingerprint density at radius 1 is 1.40 bits per heavy atom. The Morgan fingerprint density at radius 2 is 2.10 bits per heavy atom. The van der Waals surface area contributed by atoms with Gasteiger partial charge in [0.1, 0.15) is 5.69 Å². The molecule has 1 amide bonds. The van der Waals surface area contributed by atoms with E-state index in [-0.39, 0.29) is 17.3 Å². The van der Waals surface area contributed by atoms with Gasteiger partial charge in [-0.1, -0.05) is 18.9 Å². The highest BCUT2D eigenvalue weighted by Gasteiger charge is 2.21. The molecule has 0 unspecified atom stereocenters. The second kappa shape index (κ2) is 6.36. The van der Waals surface area contributed by atoms with Crippen LogP contribution in [0.25, 0.3) is 0 Å². The average molecular weight is 277 g/mol. The van der Waals surface area contributed by atoms with E-state index in [1.54, 1.807) is 13.1 Å². The summed E-state index contributed by atoms with van der Waals surface area (Å²) in [7, 11) is 1.58. The maximum atomic E-state index is 12.2. The normalized spacial score (nSPS) is 15.1. The molecule has 1 aliphatic carbocycles. The van der Waals surface area contributed by atoms with Gasteiger partial charge >= 0.3 is 0 Å². The first-order valence-corrected chi connectivity index (χ1v) is 6.87. The van der Waals surface area contributed by atoms with Crippen molar-refractivity contribution in [1.29, 1.82) is 0 Å². The summed E-state index contributed by atoms with van der Waals surface area (Å²) >= 11 is 0. The number of amides is 1. The Labute approximate surface area is 117 Å². The lowest BCUT2D eigenvalue weighted by Gasteiger charge is -2.13. The number of hydrogen-bond donors (Lipinski definition) is 2. The number of nitro groups is 1. The van der Waals surface area contributed by atoms with E-state index in [1.165, 1.54) is 25.0 Å². The molecule has 2 rings (SSSR count). The average Bonchev–Trinajstić information content (AvgIpc) is 2.97. The molecule has 0 bridgehead atoms. The van der Waals surface area contributed by atoms with Gasteiger partial charge in [0.2, 0.25) is 0 Å². The number of carbonyl (C=O) groups excluding carboxylic acids is 1. The molecular weight excluding hydrogens is 258 g/mol. The second-order valence-corrected chi connectivity index (χ2v) is 5.07. The van der Waals surface area contributed by atoms with Crippen molar-refractivity contribution in [2.24, 2.45) is 5.92 Å². The molecule has 6 nitrogen and oxygen atoms in total. The van der Waals surface area contributed by atoms with Crippen LogP contribution in [0.15, 0.2) is 18.2 Å². The van der Waals surface area contributed by atoms with Crippen molar-refractivity contribution >= 4 is 17.3 Å². The van der Waals surface area contributed by atoms with Crippen LogP contribution in [0.5, 0.6) is 0 Å². The number of nitro benzene ring substituents is 1. The van der Waals surface area contributed by atoms with E-state index < -0.39 is 4.92 Å². The third-order valence-corrected chi connectivity index (χ3v) is 3.76. The van der Waals surface area contributed by atoms with Crippen LogP contribution in [-0.4, -0.2) is 24.4 Å². The molecule has 1 aromatic rings. The minimum Gasteiger partial charge on any atom is -0.382 e. The van der Waals surface area contributed by atoms with Crippen molar-refractivity contribution in [2.45, 2.75) is 25.7 Å². The smallest absolute Gasteiger partial charge is 0.293 e. The molecule has 0 atom stereocenters. The number of nitrogens with zero attached hydrogens (tertiary/aromatic N) is 1. The molecule has 1 saturated carbocycles. The standard InChI is InChI=1S/C14H19N3O3/c1-15-13-11(7-4-8-12(13)17(19)20)14(18)16-9-10-5-2-3-6-10/h4,7-8,10,15H,2-3,5-6,9H2,1H3,(H,16,18). The van der Waals surface area contributed by atoms with E-state index in [0.717, 1.165) is 12.8 Å². The largest absolute Gasteiger partial charge is 0.382 e. The summed E-state index contributed by atoms with van der Waals surface area (Å²) in [5.74, 6) is 0.278. The molecule has 0 spiro atoms. The summed E-state index contributed by atoms with van der Waals surface area (Å²) in [6, 6.07) is 4.52. The van der Waals surface area contributed by atoms with Crippen LogP contribution in [0.2, 0.25) is 0 Å². The van der Waals surface area contributed by atoms with Gasteiger partial charge in [0, 0.05) is 19.7 Å². The van der Waals surface area contributed by atoms with Crippen molar-refractivity contribution in [3.8, 4) is 0 Å². The van der Waals surface area contributed by atoms with Crippen LogP contribution < -0.4 is 10.6 Å². The first-order valence-electron chi connectivity index (χ1n) is 6.87. The van der Waals surface area contributed by atoms with Gasteiger partial charge in [-0.15, -0.1) is 0 Å². The van der Waals surface area contributed by atoms with Crippen molar-refractivity contribution in [2.75, 3.05) is 18.9 Å². The highest BCUT2D eigenvalue weighted by molar-refractivity contribution is 6.01. The van der Waals surface area contributed by atoms with E-state index in [0.29, 0.717) is 18.0 Å². The molecular formula is C14H19N3O3.